The first-order valence-electron chi connectivity index (χ1n) is 6.32. The minimum absolute atomic E-state index is 0.0952. The number of methoxy groups -OCH3 is 1. The van der Waals surface area contributed by atoms with E-state index in [0.29, 0.717) is 18.6 Å². The number of sulfone groups is 1. The van der Waals surface area contributed by atoms with Crippen LogP contribution in [0.5, 0.6) is 5.75 Å². The molecule has 0 saturated carbocycles. The maximum absolute atomic E-state index is 11.5. The van der Waals surface area contributed by atoms with E-state index < -0.39 is 9.84 Å². The molecule has 0 unspecified atom stereocenters. The Kier molecular flexibility index (Phi) is 4.42. The van der Waals surface area contributed by atoms with Crippen LogP contribution in [-0.4, -0.2) is 33.4 Å². The van der Waals surface area contributed by atoms with Crippen molar-refractivity contribution in [3.63, 3.8) is 0 Å². The van der Waals surface area contributed by atoms with E-state index in [1.165, 1.54) is 19.2 Å². The average Bonchev–Trinajstić information content (AvgIpc) is 2.45. The number of allylic oxidation sites excluding steroid dienone is 1. The number of carbonyl (C=O) groups excluding carboxylic acids is 1. The number of nitrogens with one attached hydrogen (secondary N) is 1. The zero-order valence-electron chi connectivity index (χ0n) is 11.8. The Morgan fingerprint density at radius 3 is 2.62 bits per heavy atom. The third-order valence-corrected chi connectivity index (χ3v) is 4.13. The van der Waals surface area contributed by atoms with Gasteiger partial charge in [0.25, 0.3) is 0 Å². The highest BCUT2D eigenvalue weighted by atomic mass is 32.2. The van der Waals surface area contributed by atoms with Crippen molar-refractivity contribution in [1.82, 2.24) is 5.43 Å². The van der Waals surface area contributed by atoms with Gasteiger partial charge in [0.2, 0.25) is 5.91 Å². The third kappa shape index (κ3) is 3.91. The van der Waals surface area contributed by atoms with E-state index in [1.54, 1.807) is 18.2 Å². The molecule has 1 aliphatic rings. The smallest absolute Gasteiger partial charge is 0.240 e. The molecule has 0 fully saturated rings. The molecule has 7 heteroatoms. The number of ether oxygens (including phenoxy) is 1. The fourth-order valence-electron chi connectivity index (χ4n) is 1.85. The fraction of sp³-hybridized carbons (Fsp3) is 0.286. The predicted octanol–water partition coefficient (Wildman–Crippen LogP) is 1.38. The van der Waals surface area contributed by atoms with Gasteiger partial charge in [0.05, 0.1) is 17.7 Å². The Morgan fingerprint density at radius 2 is 2.05 bits per heavy atom. The number of hydrazone groups is 1. The summed E-state index contributed by atoms with van der Waals surface area (Å²) in [6, 6.07) is 4.69. The number of amides is 1. The zero-order valence-corrected chi connectivity index (χ0v) is 12.6. The number of hydrogen-bond donors (Lipinski definition) is 1. The molecule has 21 heavy (non-hydrogen) atoms. The molecule has 1 aromatic rings. The molecule has 1 N–H and O–H groups in total. The van der Waals surface area contributed by atoms with Crippen LogP contribution < -0.4 is 10.2 Å². The molecule has 1 aromatic carbocycles. The lowest BCUT2D eigenvalue weighted by atomic mass is 10.1. The van der Waals surface area contributed by atoms with E-state index in [0.717, 1.165) is 17.5 Å². The van der Waals surface area contributed by atoms with Gasteiger partial charge in [-0.2, -0.15) is 5.10 Å². The molecule has 0 bridgehead atoms. The minimum atomic E-state index is -3.27. The van der Waals surface area contributed by atoms with E-state index in [9.17, 15) is 13.2 Å². The van der Waals surface area contributed by atoms with Crippen molar-refractivity contribution in [3.8, 4) is 5.75 Å². The summed E-state index contributed by atoms with van der Waals surface area (Å²) >= 11 is 0. The second kappa shape index (κ2) is 6.09. The molecule has 1 heterocycles. The standard InChI is InChI=1S/C14H16N2O4S/c1-20-13-9-12(21(2,18)19)7-4-10(13)3-5-11-6-8-14(17)16-15-11/h3-5,7,9H,6,8H2,1-2H3,(H,16,17). The SMILES string of the molecule is COc1cc(S(C)(=O)=O)ccc1C=CC1=NNC(=O)CC1. The van der Waals surface area contributed by atoms with Gasteiger partial charge in [0.1, 0.15) is 5.75 Å². The second-order valence-electron chi connectivity index (χ2n) is 4.65. The first-order valence-corrected chi connectivity index (χ1v) is 8.21. The highest BCUT2D eigenvalue weighted by Crippen LogP contribution is 2.24. The molecule has 2 rings (SSSR count). The van der Waals surface area contributed by atoms with Crippen LogP contribution in [0.2, 0.25) is 0 Å². The molecule has 6 nitrogen and oxygen atoms in total. The zero-order chi connectivity index (χ0) is 15.5. The molecule has 0 radical (unpaired) electrons. The van der Waals surface area contributed by atoms with E-state index in [2.05, 4.69) is 10.5 Å². The summed E-state index contributed by atoms with van der Waals surface area (Å²) in [5.41, 5.74) is 3.91. The minimum Gasteiger partial charge on any atom is -0.496 e. The molecule has 1 amide bonds. The quantitative estimate of drug-likeness (QED) is 0.910. The molecular weight excluding hydrogens is 292 g/mol. The Balaban J connectivity index is 2.26. The fourth-order valence-corrected chi connectivity index (χ4v) is 2.49. The summed E-state index contributed by atoms with van der Waals surface area (Å²) in [7, 11) is -1.79. The number of carbonyl (C=O) groups is 1. The summed E-state index contributed by atoms with van der Waals surface area (Å²) < 4.78 is 28.2. The molecule has 1 aliphatic heterocycles. The van der Waals surface area contributed by atoms with Crippen LogP contribution in [0.25, 0.3) is 6.08 Å². The number of hydrogen-bond acceptors (Lipinski definition) is 5. The first kappa shape index (κ1) is 15.2. The van der Waals surface area contributed by atoms with Crippen molar-refractivity contribution < 1.29 is 17.9 Å². The summed E-state index contributed by atoms with van der Waals surface area (Å²) in [6.45, 7) is 0. The van der Waals surface area contributed by atoms with Crippen LogP contribution in [0.3, 0.4) is 0 Å². The topological polar surface area (TPSA) is 84.8 Å². The van der Waals surface area contributed by atoms with Crippen molar-refractivity contribution in [1.29, 1.82) is 0 Å². The molecule has 0 aliphatic carbocycles. The van der Waals surface area contributed by atoms with Gasteiger partial charge < -0.3 is 4.74 Å². The summed E-state index contributed by atoms with van der Waals surface area (Å²) in [6.07, 6.45) is 5.69. The van der Waals surface area contributed by atoms with Gasteiger partial charge in [0.15, 0.2) is 9.84 Å². The Morgan fingerprint density at radius 1 is 1.29 bits per heavy atom. The van der Waals surface area contributed by atoms with E-state index >= 15 is 0 Å². The third-order valence-electron chi connectivity index (χ3n) is 3.02. The van der Waals surface area contributed by atoms with Gasteiger partial charge in [-0.1, -0.05) is 0 Å². The first-order chi connectivity index (χ1) is 9.90. The maximum atomic E-state index is 11.5. The number of rotatable bonds is 4. The molecule has 0 saturated heterocycles. The van der Waals surface area contributed by atoms with Crippen molar-refractivity contribution >= 4 is 27.5 Å². The molecule has 112 valence electrons. The number of nitrogens with zero attached hydrogens (tertiary/aromatic N) is 1. The lowest BCUT2D eigenvalue weighted by Crippen LogP contribution is -2.24. The van der Waals surface area contributed by atoms with Crippen LogP contribution in [0.4, 0.5) is 0 Å². The summed E-state index contributed by atoms with van der Waals surface area (Å²) in [4.78, 5) is 11.2. The van der Waals surface area contributed by atoms with Crippen molar-refractivity contribution in [2.24, 2.45) is 5.10 Å². The van der Waals surface area contributed by atoms with E-state index in [1.807, 2.05) is 0 Å². The monoisotopic (exact) mass is 308 g/mol. The number of benzene rings is 1. The van der Waals surface area contributed by atoms with Crippen molar-refractivity contribution in [2.75, 3.05) is 13.4 Å². The summed E-state index contributed by atoms with van der Waals surface area (Å²) in [5.74, 6) is 0.372. The van der Waals surface area contributed by atoms with Gasteiger partial charge >= 0.3 is 0 Å². The highest BCUT2D eigenvalue weighted by Gasteiger charge is 2.11. The van der Waals surface area contributed by atoms with Gasteiger partial charge in [-0.15, -0.1) is 0 Å². The summed E-state index contributed by atoms with van der Waals surface area (Å²) in [5, 5.41) is 3.93. The Hall–Kier alpha value is -2.15. The van der Waals surface area contributed by atoms with Gasteiger partial charge in [-0.25, -0.2) is 13.8 Å². The van der Waals surface area contributed by atoms with E-state index in [4.69, 9.17) is 4.74 Å². The van der Waals surface area contributed by atoms with Crippen LogP contribution in [0.1, 0.15) is 18.4 Å². The average molecular weight is 308 g/mol. The molecule has 0 atom stereocenters. The highest BCUT2D eigenvalue weighted by molar-refractivity contribution is 7.90. The Labute approximate surface area is 123 Å². The van der Waals surface area contributed by atoms with E-state index in [-0.39, 0.29) is 10.8 Å². The molecular formula is C14H16N2O4S. The lowest BCUT2D eigenvalue weighted by molar-refractivity contribution is -0.121. The van der Waals surface area contributed by atoms with Gasteiger partial charge in [0, 0.05) is 24.7 Å². The van der Waals surface area contributed by atoms with Gasteiger partial charge in [-0.3, -0.25) is 4.79 Å². The lowest BCUT2D eigenvalue weighted by Gasteiger charge is -2.09. The van der Waals surface area contributed by atoms with Crippen LogP contribution in [0, 0.1) is 0 Å². The van der Waals surface area contributed by atoms with Crippen LogP contribution >= 0.6 is 0 Å². The second-order valence-corrected chi connectivity index (χ2v) is 6.66. The maximum Gasteiger partial charge on any atom is 0.240 e. The van der Waals surface area contributed by atoms with Gasteiger partial charge in [-0.05, 0) is 30.4 Å². The largest absolute Gasteiger partial charge is 0.496 e. The normalized spacial score (nSPS) is 15.7. The van der Waals surface area contributed by atoms with Crippen LogP contribution in [0.15, 0.2) is 34.3 Å². The van der Waals surface area contributed by atoms with Crippen molar-refractivity contribution in [2.45, 2.75) is 17.7 Å². The molecule has 0 aromatic heterocycles. The molecule has 0 spiro atoms. The predicted molar refractivity (Wildman–Crippen MR) is 79.9 cm³/mol. The van der Waals surface area contributed by atoms with Crippen molar-refractivity contribution in [3.05, 3.63) is 29.8 Å². The van der Waals surface area contributed by atoms with Crippen LogP contribution in [-0.2, 0) is 14.6 Å². The Bertz CT molecular complexity index is 720.